The quantitative estimate of drug-likeness (QED) is 0.261. The molecule has 0 bridgehead atoms. The summed E-state index contributed by atoms with van der Waals surface area (Å²) in [7, 11) is 1.63. The molecule has 8 heteroatoms. The van der Waals surface area contributed by atoms with Crippen LogP contribution in [0.3, 0.4) is 0 Å². The van der Waals surface area contributed by atoms with E-state index in [-0.39, 0.29) is 6.61 Å². The minimum absolute atomic E-state index is 0.0157. The highest BCUT2D eigenvalue weighted by Crippen LogP contribution is 2.35. The predicted molar refractivity (Wildman–Crippen MR) is 138 cm³/mol. The lowest BCUT2D eigenvalue weighted by Gasteiger charge is -2.15. The third kappa shape index (κ3) is 4.92. The van der Waals surface area contributed by atoms with Crippen molar-refractivity contribution in [3.63, 3.8) is 0 Å². The van der Waals surface area contributed by atoms with E-state index >= 15 is 0 Å². The molecule has 0 N–H and O–H groups in total. The smallest absolute Gasteiger partial charge is 0.341 e. The molecule has 0 fully saturated rings. The zero-order chi connectivity index (χ0) is 25.1. The van der Waals surface area contributed by atoms with Crippen LogP contribution < -0.4 is 4.74 Å². The van der Waals surface area contributed by atoms with Gasteiger partial charge >= 0.3 is 5.97 Å². The molecule has 7 nitrogen and oxygen atoms in total. The number of hydrogen-bond donors (Lipinski definition) is 0. The Bertz CT molecular complexity index is 1550. The van der Waals surface area contributed by atoms with Crippen molar-refractivity contribution in [1.29, 1.82) is 0 Å². The van der Waals surface area contributed by atoms with Gasteiger partial charge in [-0.15, -0.1) is 5.10 Å². The van der Waals surface area contributed by atoms with Gasteiger partial charge in [0.2, 0.25) is 0 Å². The lowest BCUT2D eigenvalue weighted by Crippen LogP contribution is -2.11. The van der Waals surface area contributed by atoms with Gasteiger partial charge in [-0.2, -0.15) is 0 Å². The molecule has 2 heterocycles. The van der Waals surface area contributed by atoms with Crippen LogP contribution in [0.2, 0.25) is 5.02 Å². The van der Waals surface area contributed by atoms with Gasteiger partial charge < -0.3 is 9.47 Å². The van der Waals surface area contributed by atoms with E-state index in [0.29, 0.717) is 28.5 Å². The normalized spacial score (nSPS) is 11.0. The Labute approximate surface area is 213 Å². The number of carbonyl (C=O) groups excluding carboxylic acids is 1. The van der Waals surface area contributed by atoms with Crippen molar-refractivity contribution in [2.45, 2.75) is 20.1 Å². The van der Waals surface area contributed by atoms with Crippen molar-refractivity contribution in [3.8, 4) is 16.9 Å². The van der Waals surface area contributed by atoms with E-state index in [1.165, 1.54) is 0 Å². The van der Waals surface area contributed by atoms with Crippen molar-refractivity contribution in [1.82, 2.24) is 20.0 Å². The summed E-state index contributed by atoms with van der Waals surface area (Å²) in [5.41, 5.74) is 4.93. The molecule has 0 aliphatic rings. The molecule has 3 aromatic carbocycles. The molecule has 2 aromatic heterocycles. The van der Waals surface area contributed by atoms with Crippen molar-refractivity contribution >= 4 is 28.5 Å². The van der Waals surface area contributed by atoms with Crippen LogP contribution in [0.1, 0.15) is 27.3 Å². The average molecular weight is 499 g/mol. The topological polar surface area (TPSA) is 79.1 Å². The number of nitrogens with zero attached hydrogens (tertiary/aromatic N) is 4. The Morgan fingerprint density at radius 1 is 1.03 bits per heavy atom. The largest absolute Gasteiger partial charge is 0.497 e. The summed E-state index contributed by atoms with van der Waals surface area (Å²) in [4.78, 5) is 18.0. The number of hydrogen-bond acceptors (Lipinski definition) is 6. The second-order valence-corrected chi connectivity index (χ2v) is 8.75. The molecule has 0 radical (unpaired) electrons. The van der Waals surface area contributed by atoms with Crippen LogP contribution >= 0.6 is 11.6 Å². The first-order valence-corrected chi connectivity index (χ1v) is 11.7. The predicted octanol–water partition coefficient (Wildman–Crippen LogP) is 5.87. The number of esters is 1. The Balaban J connectivity index is 1.41. The van der Waals surface area contributed by atoms with E-state index in [1.807, 2.05) is 73.7 Å². The number of benzene rings is 3. The fraction of sp³-hybridized carbons (Fsp3) is 0.143. The first-order chi connectivity index (χ1) is 17.5. The highest BCUT2D eigenvalue weighted by molar-refractivity contribution is 6.31. The van der Waals surface area contributed by atoms with Gasteiger partial charge in [-0.05, 0) is 48.4 Å². The van der Waals surface area contributed by atoms with Crippen molar-refractivity contribution in [3.05, 3.63) is 107 Å². The second kappa shape index (κ2) is 10.2. The van der Waals surface area contributed by atoms with Crippen LogP contribution in [0, 0.1) is 6.92 Å². The van der Waals surface area contributed by atoms with Gasteiger partial charge in [-0.3, -0.25) is 4.98 Å². The summed E-state index contributed by atoms with van der Waals surface area (Å²) in [6.07, 6.45) is 1.76. The second-order valence-electron chi connectivity index (χ2n) is 8.31. The monoisotopic (exact) mass is 498 g/mol. The molecule has 180 valence electrons. The van der Waals surface area contributed by atoms with Crippen LogP contribution in [-0.4, -0.2) is 33.1 Å². The molecule has 0 spiro atoms. The Kier molecular flexibility index (Phi) is 6.64. The lowest BCUT2D eigenvalue weighted by molar-refractivity contribution is 0.0467. The molecular formula is C28H23ClN4O3. The molecule has 0 aliphatic carbocycles. The summed E-state index contributed by atoms with van der Waals surface area (Å²) >= 11 is 6.30. The molecule has 0 aliphatic heterocycles. The highest BCUT2D eigenvalue weighted by Gasteiger charge is 2.22. The summed E-state index contributed by atoms with van der Waals surface area (Å²) in [5.74, 6) is 0.291. The fourth-order valence-electron chi connectivity index (χ4n) is 4.16. The van der Waals surface area contributed by atoms with E-state index in [2.05, 4.69) is 15.3 Å². The summed E-state index contributed by atoms with van der Waals surface area (Å²) < 4.78 is 12.7. The molecule has 36 heavy (non-hydrogen) atoms. The molecule has 0 atom stereocenters. The van der Waals surface area contributed by atoms with Crippen LogP contribution in [0.15, 0.2) is 79.0 Å². The van der Waals surface area contributed by atoms with Crippen LogP contribution in [0.25, 0.3) is 22.0 Å². The van der Waals surface area contributed by atoms with Gasteiger partial charge in [0, 0.05) is 16.0 Å². The summed E-state index contributed by atoms with van der Waals surface area (Å²) in [5, 5.41) is 9.67. The van der Waals surface area contributed by atoms with Crippen molar-refractivity contribution < 1.29 is 14.3 Å². The Hall–Kier alpha value is -4.23. The van der Waals surface area contributed by atoms with Crippen LogP contribution in [-0.2, 0) is 17.9 Å². The van der Waals surface area contributed by atoms with E-state index < -0.39 is 5.97 Å². The van der Waals surface area contributed by atoms with Gasteiger partial charge in [0.15, 0.2) is 0 Å². The number of fused-ring (bicyclic) bond motifs is 1. The molecular weight excluding hydrogens is 476 g/mol. The van der Waals surface area contributed by atoms with Crippen LogP contribution in [0.5, 0.6) is 5.75 Å². The minimum Gasteiger partial charge on any atom is -0.497 e. The molecule has 0 saturated carbocycles. The maximum Gasteiger partial charge on any atom is 0.341 e. The number of methoxy groups -OCH3 is 1. The molecule has 5 aromatic rings. The maximum atomic E-state index is 13.4. The van der Waals surface area contributed by atoms with E-state index in [0.717, 1.165) is 33.3 Å². The first kappa shape index (κ1) is 23.5. The van der Waals surface area contributed by atoms with Gasteiger partial charge in [0.1, 0.15) is 18.1 Å². The van der Waals surface area contributed by atoms with Gasteiger partial charge in [0.25, 0.3) is 0 Å². The Morgan fingerprint density at radius 2 is 1.86 bits per heavy atom. The minimum atomic E-state index is -0.483. The number of halogens is 1. The summed E-state index contributed by atoms with van der Waals surface area (Å²) in [6.45, 7) is 2.31. The standard InChI is InChI=1S/C28H23ClN4O3/c1-18-26(27(20-8-4-3-5-9-20)24-14-21(29)11-12-25(24)30-18)28(34)36-17-22-16-33(32-31-22)15-19-7-6-10-23(13-19)35-2/h3-14,16H,15,17H2,1-2H3. The maximum absolute atomic E-state index is 13.4. The molecule has 0 unspecified atom stereocenters. The van der Waals surface area contributed by atoms with E-state index in [4.69, 9.17) is 21.1 Å². The molecule has 5 rings (SSSR count). The number of carbonyl (C=O) groups is 1. The zero-order valence-corrected chi connectivity index (χ0v) is 20.6. The van der Waals surface area contributed by atoms with Crippen molar-refractivity contribution in [2.75, 3.05) is 7.11 Å². The zero-order valence-electron chi connectivity index (χ0n) is 19.8. The number of aromatic nitrogens is 4. The SMILES string of the molecule is COc1cccc(Cn2cc(COC(=O)c3c(C)nc4ccc(Cl)cc4c3-c3ccccc3)nn2)c1. The fourth-order valence-corrected chi connectivity index (χ4v) is 4.34. The third-order valence-corrected chi connectivity index (χ3v) is 6.05. The van der Waals surface area contributed by atoms with E-state index in [1.54, 1.807) is 24.1 Å². The third-order valence-electron chi connectivity index (χ3n) is 5.81. The van der Waals surface area contributed by atoms with Crippen LogP contribution in [0.4, 0.5) is 0 Å². The lowest BCUT2D eigenvalue weighted by atomic mass is 9.94. The highest BCUT2D eigenvalue weighted by atomic mass is 35.5. The number of pyridine rings is 1. The van der Waals surface area contributed by atoms with E-state index in [9.17, 15) is 4.79 Å². The number of ether oxygens (including phenoxy) is 2. The Morgan fingerprint density at radius 3 is 2.67 bits per heavy atom. The van der Waals surface area contributed by atoms with Gasteiger partial charge in [0.05, 0.1) is 36.6 Å². The number of rotatable bonds is 7. The molecule has 0 amide bonds. The number of aryl methyl sites for hydroxylation is 1. The first-order valence-electron chi connectivity index (χ1n) is 11.4. The van der Waals surface area contributed by atoms with Crippen molar-refractivity contribution in [2.24, 2.45) is 0 Å². The summed E-state index contributed by atoms with van der Waals surface area (Å²) in [6, 6.07) is 22.9. The molecule has 0 saturated heterocycles. The average Bonchev–Trinajstić information content (AvgIpc) is 3.34. The van der Waals surface area contributed by atoms with Gasteiger partial charge in [-0.1, -0.05) is 59.3 Å². The van der Waals surface area contributed by atoms with Gasteiger partial charge in [-0.25, -0.2) is 9.48 Å².